The number of aryl methyl sites for hydroxylation is 1. The van der Waals surface area contributed by atoms with Crippen LogP contribution in [0.15, 0.2) is 127 Å². The lowest BCUT2D eigenvalue weighted by molar-refractivity contribution is 0.474. The molecule has 2 nitrogen and oxygen atoms in total. The molecule has 0 spiro atoms. The molecule has 0 saturated carbocycles. The maximum Gasteiger partial charge on any atom is 0.126 e. The van der Waals surface area contributed by atoms with Gasteiger partial charge in [0.2, 0.25) is 0 Å². The smallest absolute Gasteiger partial charge is 0.126 e. The third-order valence-corrected chi connectivity index (χ3v) is 7.71. The molecular formula is C32H28NOP. The van der Waals surface area contributed by atoms with Gasteiger partial charge >= 0.3 is 0 Å². The molecule has 0 amide bonds. The third-order valence-electron chi connectivity index (χ3n) is 6.14. The van der Waals surface area contributed by atoms with Crippen molar-refractivity contribution in [2.75, 3.05) is 4.90 Å². The van der Waals surface area contributed by atoms with Crippen LogP contribution < -0.4 is 15.5 Å². The first-order valence-corrected chi connectivity index (χ1v) is 12.8. The first kappa shape index (κ1) is 22.9. The molecule has 5 aromatic rings. The van der Waals surface area contributed by atoms with E-state index < -0.39 is 0 Å². The number of anilines is 3. The van der Waals surface area contributed by atoms with Gasteiger partial charge in [-0.1, -0.05) is 106 Å². The van der Waals surface area contributed by atoms with Crippen LogP contribution in [0.1, 0.15) is 16.7 Å². The second kappa shape index (κ2) is 10.6. The van der Waals surface area contributed by atoms with Crippen LogP contribution in [-0.2, 0) is 6.42 Å². The molecule has 5 aromatic carbocycles. The van der Waals surface area contributed by atoms with Crippen molar-refractivity contribution in [3.05, 3.63) is 144 Å². The Morgan fingerprint density at radius 1 is 0.629 bits per heavy atom. The average Bonchev–Trinajstić information content (AvgIpc) is 2.90. The number of para-hydroxylation sites is 3. The van der Waals surface area contributed by atoms with E-state index in [-0.39, 0.29) is 0 Å². The number of aromatic hydroxyl groups is 1. The predicted molar refractivity (Wildman–Crippen MR) is 151 cm³/mol. The number of rotatable bonds is 7. The zero-order valence-corrected chi connectivity index (χ0v) is 20.7. The molecule has 1 N–H and O–H groups in total. The Balaban J connectivity index is 1.57. The maximum atomic E-state index is 11.3. The lowest BCUT2D eigenvalue weighted by Gasteiger charge is -2.28. The van der Waals surface area contributed by atoms with E-state index in [4.69, 9.17) is 0 Å². The van der Waals surface area contributed by atoms with Crippen LogP contribution in [0.3, 0.4) is 0 Å². The summed E-state index contributed by atoms with van der Waals surface area (Å²) in [6.45, 7) is 2.16. The number of hydrogen-bond donors (Lipinski definition) is 1. The van der Waals surface area contributed by atoms with Gasteiger partial charge in [-0.2, -0.15) is 0 Å². The van der Waals surface area contributed by atoms with E-state index >= 15 is 0 Å². The van der Waals surface area contributed by atoms with Crippen molar-refractivity contribution >= 4 is 36.3 Å². The summed E-state index contributed by atoms with van der Waals surface area (Å²) in [5.41, 5.74) is 6.72. The summed E-state index contributed by atoms with van der Waals surface area (Å²) in [5, 5.41) is 13.5. The van der Waals surface area contributed by atoms with Crippen molar-refractivity contribution in [3.8, 4) is 5.75 Å². The standard InChI is InChI=1S/C32H28NOP/c1-24-13-11-21-29(33(27-17-7-3-8-18-27)28-19-9-4-10-20-28)32(24)35-30-22-12-16-26(31(30)34)23-25-14-5-2-6-15-25/h2-22,34-35H,23H2,1H3. The third kappa shape index (κ3) is 5.14. The molecule has 0 aliphatic rings. The van der Waals surface area contributed by atoms with Crippen molar-refractivity contribution in [2.45, 2.75) is 13.3 Å². The SMILES string of the molecule is Cc1cccc(N(c2ccccc2)c2ccccc2)c1Pc1cccc(Cc2ccccc2)c1O. The van der Waals surface area contributed by atoms with Crippen LogP contribution in [0.4, 0.5) is 17.1 Å². The minimum atomic E-state index is 0.321. The highest BCUT2D eigenvalue weighted by atomic mass is 31.1. The molecule has 172 valence electrons. The molecule has 3 heteroatoms. The van der Waals surface area contributed by atoms with E-state index in [9.17, 15) is 5.11 Å². The van der Waals surface area contributed by atoms with Gasteiger partial charge in [0.1, 0.15) is 5.75 Å². The summed E-state index contributed by atoms with van der Waals surface area (Å²) in [4.78, 5) is 2.31. The van der Waals surface area contributed by atoms with Crippen molar-refractivity contribution in [1.29, 1.82) is 0 Å². The molecule has 0 aromatic heterocycles. The van der Waals surface area contributed by atoms with E-state index in [0.717, 1.165) is 27.9 Å². The van der Waals surface area contributed by atoms with E-state index in [0.29, 0.717) is 20.8 Å². The molecule has 0 saturated heterocycles. The molecule has 0 radical (unpaired) electrons. The second-order valence-electron chi connectivity index (χ2n) is 8.58. The van der Waals surface area contributed by atoms with E-state index in [1.165, 1.54) is 16.4 Å². The molecule has 5 rings (SSSR count). The molecule has 0 aliphatic carbocycles. The molecule has 0 fully saturated rings. The molecule has 35 heavy (non-hydrogen) atoms. The van der Waals surface area contributed by atoms with Crippen LogP contribution in [0.2, 0.25) is 0 Å². The number of phenolic OH excluding ortho intramolecular Hbond substituents is 1. The Morgan fingerprint density at radius 2 is 1.20 bits per heavy atom. The van der Waals surface area contributed by atoms with Crippen molar-refractivity contribution < 1.29 is 5.11 Å². The largest absolute Gasteiger partial charge is 0.507 e. The minimum absolute atomic E-state index is 0.321. The number of benzene rings is 5. The van der Waals surface area contributed by atoms with Gasteiger partial charge in [0, 0.05) is 28.4 Å². The van der Waals surface area contributed by atoms with Gasteiger partial charge in [0.15, 0.2) is 0 Å². The Hall–Kier alpha value is -3.87. The fourth-order valence-corrected chi connectivity index (χ4v) is 5.70. The predicted octanol–water partition coefficient (Wildman–Crippen LogP) is 7.39. The second-order valence-corrected chi connectivity index (χ2v) is 9.86. The summed E-state index contributed by atoms with van der Waals surface area (Å²) in [6, 6.07) is 43.8. The van der Waals surface area contributed by atoms with Gasteiger partial charge < -0.3 is 10.0 Å². The van der Waals surface area contributed by atoms with Gasteiger partial charge in [-0.3, -0.25) is 0 Å². The summed E-state index contributed by atoms with van der Waals surface area (Å²) in [5.74, 6) is 0.398. The molecule has 0 bridgehead atoms. The lowest BCUT2D eigenvalue weighted by Crippen LogP contribution is -2.20. The summed E-state index contributed by atoms with van der Waals surface area (Å²) in [6.07, 6.45) is 0.714. The summed E-state index contributed by atoms with van der Waals surface area (Å²) in [7, 11) is 0.321. The summed E-state index contributed by atoms with van der Waals surface area (Å²) >= 11 is 0. The highest BCUT2D eigenvalue weighted by molar-refractivity contribution is 7.56. The van der Waals surface area contributed by atoms with Crippen LogP contribution in [-0.4, -0.2) is 5.11 Å². The fourth-order valence-electron chi connectivity index (χ4n) is 4.37. The lowest BCUT2D eigenvalue weighted by atomic mass is 10.0. The quantitative estimate of drug-likeness (QED) is 0.249. The van der Waals surface area contributed by atoms with Crippen LogP contribution >= 0.6 is 8.58 Å². The van der Waals surface area contributed by atoms with Crippen LogP contribution in [0, 0.1) is 6.92 Å². The zero-order valence-electron chi connectivity index (χ0n) is 19.7. The Kier molecular flexibility index (Phi) is 6.93. The first-order valence-electron chi connectivity index (χ1n) is 11.8. The molecule has 1 atom stereocenters. The first-order chi connectivity index (χ1) is 17.2. The molecule has 0 aliphatic heterocycles. The maximum absolute atomic E-state index is 11.3. The Morgan fingerprint density at radius 3 is 1.83 bits per heavy atom. The molecule has 0 heterocycles. The van der Waals surface area contributed by atoms with Crippen LogP contribution in [0.25, 0.3) is 0 Å². The van der Waals surface area contributed by atoms with Gasteiger partial charge in [-0.25, -0.2) is 0 Å². The highest BCUT2D eigenvalue weighted by Gasteiger charge is 2.19. The molecular weight excluding hydrogens is 445 g/mol. The number of phenols is 1. The molecule has 1 unspecified atom stereocenters. The van der Waals surface area contributed by atoms with E-state index in [2.05, 4.69) is 96.8 Å². The topological polar surface area (TPSA) is 23.5 Å². The van der Waals surface area contributed by atoms with Crippen LogP contribution in [0.5, 0.6) is 5.75 Å². The normalized spacial score (nSPS) is 11.1. The minimum Gasteiger partial charge on any atom is -0.507 e. The fraction of sp³-hybridized carbons (Fsp3) is 0.0625. The van der Waals surface area contributed by atoms with Crippen molar-refractivity contribution in [1.82, 2.24) is 0 Å². The van der Waals surface area contributed by atoms with Gasteiger partial charge in [-0.05, 0) is 53.9 Å². The number of nitrogens with zero attached hydrogens (tertiary/aromatic N) is 1. The van der Waals surface area contributed by atoms with E-state index in [1.807, 2.05) is 42.5 Å². The summed E-state index contributed by atoms with van der Waals surface area (Å²) < 4.78 is 0. The van der Waals surface area contributed by atoms with Crippen molar-refractivity contribution in [2.24, 2.45) is 0 Å². The average molecular weight is 474 g/mol. The Labute approximate surface area is 209 Å². The van der Waals surface area contributed by atoms with Gasteiger partial charge in [0.05, 0.1) is 5.69 Å². The monoisotopic (exact) mass is 473 g/mol. The van der Waals surface area contributed by atoms with E-state index in [1.54, 1.807) is 0 Å². The van der Waals surface area contributed by atoms with Gasteiger partial charge in [0.25, 0.3) is 0 Å². The highest BCUT2D eigenvalue weighted by Crippen LogP contribution is 2.37. The number of hydrogen-bond acceptors (Lipinski definition) is 2. The van der Waals surface area contributed by atoms with Gasteiger partial charge in [-0.15, -0.1) is 0 Å². The van der Waals surface area contributed by atoms with Crippen molar-refractivity contribution in [3.63, 3.8) is 0 Å². The zero-order chi connectivity index (χ0) is 24.0. The Bertz CT molecular complexity index is 1360.